The summed E-state index contributed by atoms with van der Waals surface area (Å²) in [7, 11) is 0. The molecule has 0 spiro atoms. The van der Waals surface area contributed by atoms with E-state index in [0.29, 0.717) is 29.4 Å². The van der Waals surface area contributed by atoms with Crippen LogP contribution in [0.3, 0.4) is 0 Å². The summed E-state index contributed by atoms with van der Waals surface area (Å²) in [6.07, 6.45) is -0.990. The Morgan fingerprint density at radius 3 is 2.91 bits per heavy atom. The van der Waals surface area contributed by atoms with Crippen LogP contribution in [0.2, 0.25) is 0 Å². The minimum Gasteiger partial charge on any atom is -0.479 e. The Kier molecular flexibility index (Phi) is 4.07. The molecule has 0 radical (unpaired) electrons. The van der Waals surface area contributed by atoms with E-state index in [1.807, 2.05) is 0 Å². The SMILES string of the molecule is Cc1nc(-c2cccc(C(=O)N3CCO[C@H](C(=O)O)C3)c2)no1. The predicted octanol–water partition coefficient (Wildman–Crippen LogP) is 0.971. The van der Waals surface area contributed by atoms with Crippen LogP contribution in [0.15, 0.2) is 28.8 Å². The molecule has 23 heavy (non-hydrogen) atoms. The van der Waals surface area contributed by atoms with Crippen LogP contribution in [-0.2, 0) is 9.53 Å². The molecular weight excluding hydrogens is 302 g/mol. The Balaban J connectivity index is 1.81. The first-order valence-corrected chi connectivity index (χ1v) is 7.09. The zero-order valence-corrected chi connectivity index (χ0v) is 12.4. The van der Waals surface area contributed by atoms with Crippen molar-refractivity contribution in [1.29, 1.82) is 0 Å². The van der Waals surface area contributed by atoms with Gasteiger partial charge < -0.3 is 19.3 Å². The zero-order chi connectivity index (χ0) is 16.4. The van der Waals surface area contributed by atoms with Crippen molar-refractivity contribution in [3.8, 4) is 11.4 Å². The van der Waals surface area contributed by atoms with Gasteiger partial charge >= 0.3 is 5.97 Å². The van der Waals surface area contributed by atoms with Crippen LogP contribution in [-0.4, -0.2) is 57.8 Å². The van der Waals surface area contributed by atoms with Gasteiger partial charge in [-0.3, -0.25) is 4.79 Å². The molecule has 0 saturated carbocycles. The molecule has 1 fully saturated rings. The molecule has 1 atom stereocenters. The number of nitrogens with zero attached hydrogens (tertiary/aromatic N) is 3. The molecule has 8 heteroatoms. The summed E-state index contributed by atoms with van der Waals surface area (Å²) in [5, 5.41) is 12.8. The van der Waals surface area contributed by atoms with Gasteiger partial charge in [0.05, 0.1) is 13.2 Å². The standard InChI is InChI=1S/C15H15N3O5/c1-9-16-13(17-23-9)10-3-2-4-11(7-10)14(19)18-5-6-22-12(8-18)15(20)21/h2-4,7,12H,5-6,8H2,1H3,(H,20,21)/t12-/m0/s1. The number of carbonyl (C=O) groups is 2. The highest BCUT2D eigenvalue weighted by molar-refractivity contribution is 5.95. The second-order valence-electron chi connectivity index (χ2n) is 5.17. The molecule has 8 nitrogen and oxygen atoms in total. The molecule has 1 aliphatic heterocycles. The van der Waals surface area contributed by atoms with Crippen molar-refractivity contribution in [2.45, 2.75) is 13.0 Å². The summed E-state index contributed by atoms with van der Waals surface area (Å²) in [6, 6.07) is 6.84. The van der Waals surface area contributed by atoms with Gasteiger partial charge in [-0.25, -0.2) is 4.79 Å². The summed E-state index contributed by atoms with van der Waals surface area (Å²) in [6.45, 7) is 2.27. The molecule has 2 aromatic rings. The molecule has 1 saturated heterocycles. The lowest BCUT2D eigenvalue weighted by atomic mass is 10.1. The largest absolute Gasteiger partial charge is 0.479 e. The third kappa shape index (κ3) is 3.21. The number of aromatic nitrogens is 2. The van der Waals surface area contributed by atoms with E-state index in [0.717, 1.165) is 0 Å². The maximum atomic E-state index is 12.6. The van der Waals surface area contributed by atoms with Gasteiger partial charge in [0.25, 0.3) is 5.91 Å². The number of ether oxygens (including phenoxy) is 1. The fourth-order valence-electron chi connectivity index (χ4n) is 2.37. The maximum Gasteiger partial charge on any atom is 0.334 e. The highest BCUT2D eigenvalue weighted by Crippen LogP contribution is 2.19. The number of benzene rings is 1. The van der Waals surface area contributed by atoms with Crippen molar-refractivity contribution < 1.29 is 24.0 Å². The average molecular weight is 317 g/mol. The Morgan fingerprint density at radius 1 is 1.39 bits per heavy atom. The Bertz CT molecular complexity index is 742. The number of rotatable bonds is 3. The third-order valence-electron chi connectivity index (χ3n) is 3.52. The lowest BCUT2D eigenvalue weighted by Gasteiger charge is -2.31. The summed E-state index contributed by atoms with van der Waals surface area (Å²) in [5.74, 6) is -0.475. The van der Waals surface area contributed by atoms with E-state index in [1.54, 1.807) is 31.2 Å². The summed E-state index contributed by atoms with van der Waals surface area (Å²) >= 11 is 0. The minimum absolute atomic E-state index is 0.0275. The average Bonchev–Trinajstić information content (AvgIpc) is 3.01. The molecule has 1 aromatic heterocycles. The molecule has 1 aromatic carbocycles. The van der Waals surface area contributed by atoms with Crippen molar-refractivity contribution in [1.82, 2.24) is 15.0 Å². The Labute approximate surface area is 131 Å². The van der Waals surface area contributed by atoms with Gasteiger partial charge in [-0.1, -0.05) is 17.3 Å². The molecule has 0 unspecified atom stereocenters. The Morgan fingerprint density at radius 2 is 2.22 bits per heavy atom. The van der Waals surface area contributed by atoms with E-state index >= 15 is 0 Å². The van der Waals surface area contributed by atoms with Crippen molar-refractivity contribution >= 4 is 11.9 Å². The second kappa shape index (κ2) is 6.17. The van der Waals surface area contributed by atoms with Gasteiger partial charge in [0.2, 0.25) is 11.7 Å². The van der Waals surface area contributed by atoms with Crippen molar-refractivity contribution in [3.05, 3.63) is 35.7 Å². The number of aryl methyl sites for hydroxylation is 1. The van der Waals surface area contributed by atoms with Gasteiger partial charge in [-0.2, -0.15) is 4.98 Å². The number of hydrogen-bond donors (Lipinski definition) is 1. The van der Waals surface area contributed by atoms with E-state index < -0.39 is 12.1 Å². The first-order chi connectivity index (χ1) is 11.0. The number of carboxylic acid groups (broad SMARTS) is 1. The first kappa shape index (κ1) is 15.2. The number of carboxylic acids is 1. The van der Waals surface area contributed by atoms with Crippen molar-refractivity contribution in [3.63, 3.8) is 0 Å². The summed E-state index contributed by atoms with van der Waals surface area (Å²) < 4.78 is 10.1. The van der Waals surface area contributed by atoms with Crippen LogP contribution in [0, 0.1) is 6.92 Å². The van der Waals surface area contributed by atoms with Crippen LogP contribution in [0.4, 0.5) is 0 Å². The highest BCUT2D eigenvalue weighted by atomic mass is 16.5. The predicted molar refractivity (Wildman–Crippen MR) is 77.8 cm³/mol. The summed E-state index contributed by atoms with van der Waals surface area (Å²) in [5.41, 5.74) is 1.10. The molecule has 1 aliphatic rings. The number of amides is 1. The molecule has 2 heterocycles. The zero-order valence-electron chi connectivity index (χ0n) is 12.4. The van der Waals surface area contributed by atoms with Gasteiger partial charge in [0.15, 0.2) is 6.10 Å². The van der Waals surface area contributed by atoms with Gasteiger partial charge in [-0.15, -0.1) is 0 Å². The van der Waals surface area contributed by atoms with Crippen molar-refractivity contribution in [2.75, 3.05) is 19.7 Å². The second-order valence-corrected chi connectivity index (χ2v) is 5.17. The first-order valence-electron chi connectivity index (χ1n) is 7.09. The van der Waals surface area contributed by atoms with Crippen LogP contribution in [0.25, 0.3) is 11.4 Å². The highest BCUT2D eigenvalue weighted by Gasteiger charge is 2.29. The molecule has 0 aliphatic carbocycles. The van der Waals surface area contributed by atoms with Gasteiger partial charge in [0, 0.05) is 24.6 Å². The molecule has 1 N–H and O–H groups in total. The monoisotopic (exact) mass is 317 g/mol. The van der Waals surface area contributed by atoms with Gasteiger partial charge in [-0.05, 0) is 12.1 Å². The fourth-order valence-corrected chi connectivity index (χ4v) is 2.37. The number of carbonyl (C=O) groups excluding carboxylic acids is 1. The molecule has 3 rings (SSSR count). The number of morpholine rings is 1. The lowest BCUT2D eigenvalue weighted by Crippen LogP contribution is -2.48. The number of aliphatic carboxylic acids is 1. The van der Waals surface area contributed by atoms with E-state index in [1.165, 1.54) is 4.90 Å². The van der Waals surface area contributed by atoms with Crippen LogP contribution in [0.5, 0.6) is 0 Å². The van der Waals surface area contributed by atoms with Crippen LogP contribution >= 0.6 is 0 Å². The van der Waals surface area contributed by atoms with E-state index in [2.05, 4.69) is 10.1 Å². The van der Waals surface area contributed by atoms with E-state index in [4.69, 9.17) is 14.4 Å². The van der Waals surface area contributed by atoms with E-state index in [9.17, 15) is 9.59 Å². The van der Waals surface area contributed by atoms with Crippen LogP contribution in [0.1, 0.15) is 16.2 Å². The number of hydrogen-bond acceptors (Lipinski definition) is 6. The quantitative estimate of drug-likeness (QED) is 0.899. The lowest BCUT2D eigenvalue weighted by molar-refractivity contribution is -0.154. The Hall–Kier alpha value is -2.74. The normalized spacial score (nSPS) is 18.0. The maximum absolute atomic E-state index is 12.6. The fraction of sp³-hybridized carbons (Fsp3) is 0.333. The summed E-state index contributed by atoms with van der Waals surface area (Å²) in [4.78, 5) is 29.2. The smallest absolute Gasteiger partial charge is 0.334 e. The minimum atomic E-state index is -1.07. The van der Waals surface area contributed by atoms with E-state index in [-0.39, 0.29) is 19.1 Å². The van der Waals surface area contributed by atoms with Crippen molar-refractivity contribution in [2.24, 2.45) is 0 Å². The molecule has 120 valence electrons. The molecule has 0 bridgehead atoms. The van der Waals surface area contributed by atoms with Crippen LogP contribution < -0.4 is 0 Å². The van der Waals surface area contributed by atoms with Gasteiger partial charge in [0.1, 0.15) is 0 Å². The topological polar surface area (TPSA) is 106 Å². The third-order valence-corrected chi connectivity index (χ3v) is 3.52. The molecule has 1 amide bonds. The molecular formula is C15H15N3O5.